The summed E-state index contributed by atoms with van der Waals surface area (Å²) >= 11 is 1.51. The van der Waals surface area contributed by atoms with Crippen molar-refractivity contribution in [2.45, 2.75) is 22.6 Å². The van der Waals surface area contributed by atoms with Gasteiger partial charge in [0.05, 0.1) is 31.9 Å². The van der Waals surface area contributed by atoms with E-state index in [4.69, 9.17) is 17.3 Å². The summed E-state index contributed by atoms with van der Waals surface area (Å²) in [6.07, 6.45) is -0.787. The van der Waals surface area contributed by atoms with Gasteiger partial charge in [-0.1, -0.05) is 0 Å². The molecule has 68 valence electrons. The Morgan fingerprint density at radius 3 is 2.67 bits per heavy atom. The van der Waals surface area contributed by atoms with E-state index in [1.54, 1.807) is 14.2 Å². The minimum absolute atomic E-state index is 0.144. The summed E-state index contributed by atoms with van der Waals surface area (Å²) in [7, 11) is 8.85. The fraction of sp³-hybridized carbons (Fsp3) is 1.00. The molecule has 0 saturated carbocycles. The number of methoxy groups -OCH3 is 2. The van der Waals surface area contributed by atoms with Gasteiger partial charge in [-0.2, -0.15) is 11.8 Å². The van der Waals surface area contributed by atoms with Crippen LogP contribution in [0.3, 0.4) is 0 Å². The number of rotatable bonds is 3. The molecule has 1 rings (SSSR count). The second-order valence-corrected chi connectivity index (χ2v) is 4.21. The first-order valence-corrected chi connectivity index (χ1v) is 4.75. The molecule has 1 fully saturated rings. The Hall–Kier alpha value is 0.295. The van der Waals surface area contributed by atoms with Crippen LogP contribution in [-0.2, 0) is 9.47 Å². The van der Waals surface area contributed by atoms with Gasteiger partial charge in [0, 0.05) is 14.2 Å². The molecule has 12 heavy (non-hydrogen) atoms. The first-order chi connectivity index (χ1) is 5.70. The molecular weight excluding hydrogens is 175 g/mol. The van der Waals surface area contributed by atoms with Crippen LogP contribution in [0.25, 0.3) is 0 Å². The molecule has 0 aliphatic carbocycles. The summed E-state index contributed by atoms with van der Waals surface area (Å²) in [6.45, 7) is 0.563. The topological polar surface area (TPSA) is 38.7 Å². The zero-order valence-electron chi connectivity index (χ0n) is 7.27. The van der Waals surface area contributed by atoms with E-state index < -0.39 is 6.10 Å². The molecule has 4 atom stereocenters. The van der Waals surface area contributed by atoms with E-state index >= 15 is 0 Å². The lowest BCUT2D eigenvalue weighted by molar-refractivity contribution is -0.00716. The molecule has 1 aliphatic rings. The summed E-state index contributed by atoms with van der Waals surface area (Å²) in [6, 6.07) is 0. The van der Waals surface area contributed by atoms with Gasteiger partial charge in [-0.25, -0.2) is 0 Å². The fourth-order valence-electron chi connectivity index (χ4n) is 1.36. The third kappa shape index (κ3) is 1.96. The van der Waals surface area contributed by atoms with Crippen LogP contribution in [0.5, 0.6) is 0 Å². The van der Waals surface area contributed by atoms with Crippen molar-refractivity contribution in [2.75, 3.05) is 20.8 Å². The molecule has 5 heteroatoms. The molecule has 1 heterocycles. The molecule has 0 bridgehead atoms. The smallest absolute Gasteiger partial charge is 0.0973 e. The van der Waals surface area contributed by atoms with E-state index in [-0.39, 0.29) is 16.5 Å². The van der Waals surface area contributed by atoms with Crippen molar-refractivity contribution in [3.05, 3.63) is 0 Å². The second kappa shape index (κ2) is 4.51. The van der Waals surface area contributed by atoms with Gasteiger partial charge < -0.3 is 14.6 Å². The predicted molar refractivity (Wildman–Crippen MR) is 49.6 cm³/mol. The van der Waals surface area contributed by atoms with Gasteiger partial charge in [0.25, 0.3) is 0 Å². The maximum atomic E-state index is 9.53. The Morgan fingerprint density at radius 2 is 2.17 bits per heavy atom. The van der Waals surface area contributed by atoms with Crippen molar-refractivity contribution >= 4 is 19.6 Å². The van der Waals surface area contributed by atoms with Gasteiger partial charge in [0.15, 0.2) is 0 Å². The molecule has 1 unspecified atom stereocenters. The second-order valence-electron chi connectivity index (χ2n) is 2.79. The average Bonchev–Trinajstić information content (AvgIpc) is 2.29. The zero-order chi connectivity index (χ0) is 9.14. The first-order valence-electron chi connectivity index (χ1n) is 3.81. The minimum Gasteiger partial charge on any atom is -0.390 e. The van der Waals surface area contributed by atoms with Gasteiger partial charge >= 0.3 is 0 Å². The maximum absolute atomic E-state index is 9.53. The van der Waals surface area contributed by atoms with Crippen LogP contribution >= 0.6 is 11.8 Å². The molecule has 1 aliphatic heterocycles. The third-order valence-corrected chi connectivity index (χ3v) is 3.32. The van der Waals surface area contributed by atoms with Crippen LogP contribution in [0, 0.1) is 0 Å². The van der Waals surface area contributed by atoms with E-state index in [2.05, 4.69) is 0 Å². The molecular formula is C7H13BO3S. The van der Waals surface area contributed by atoms with Crippen LogP contribution in [0.4, 0.5) is 0 Å². The quantitative estimate of drug-likeness (QED) is 0.612. The summed E-state index contributed by atoms with van der Waals surface area (Å²) in [5.41, 5.74) is 0. The van der Waals surface area contributed by atoms with Crippen molar-refractivity contribution < 1.29 is 14.6 Å². The first kappa shape index (κ1) is 10.4. The molecule has 2 radical (unpaired) electrons. The molecule has 0 aromatic heterocycles. The highest BCUT2D eigenvalue weighted by Gasteiger charge is 2.40. The lowest BCUT2D eigenvalue weighted by atomic mass is 9.94. The summed E-state index contributed by atoms with van der Waals surface area (Å²) in [4.78, 5) is 0. The average molecular weight is 188 g/mol. The fourth-order valence-corrected chi connectivity index (χ4v) is 2.72. The van der Waals surface area contributed by atoms with Gasteiger partial charge in [-0.15, -0.1) is 0 Å². The number of aliphatic hydroxyl groups is 1. The van der Waals surface area contributed by atoms with Crippen LogP contribution in [-0.4, -0.2) is 56.4 Å². The summed E-state index contributed by atoms with van der Waals surface area (Å²) < 4.78 is 10.1. The SMILES string of the molecule is [B][C@@H]1S[C@H](COC)[C@H](OC)C1O. The maximum Gasteiger partial charge on any atom is 0.0973 e. The summed E-state index contributed by atoms with van der Waals surface area (Å²) in [5, 5.41) is 9.42. The van der Waals surface area contributed by atoms with Crippen LogP contribution < -0.4 is 0 Å². The number of ether oxygens (including phenoxy) is 2. The molecule has 0 spiro atoms. The van der Waals surface area contributed by atoms with Crippen molar-refractivity contribution in [1.29, 1.82) is 0 Å². The van der Waals surface area contributed by atoms with Crippen molar-refractivity contribution in [3.8, 4) is 0 Å². The monoisotopic (exact) mass is 188 g/mol. The minimum atomic E-state index is -0.583. The Bertz CT molecular complexity index is 147. The van der Waals surface area contributed by atoms with E-state index in [1.165, 1.54) is 11.8 Å². The highest BCUT2D eigenvalue weighted by molar-refractivity contribution is 8.02. The van der Waals surface area contributed by atoms with Crippen LogP contribution in [0.2, 0.25) is 0 Å². The van der Waals surface area contributed by atoms with E-state index in [0.29, 0.717) is 6.61 Å². The number of hydrogen-bond donors (Lipinski definition) is 1. The van der Waals surface area contributed by atoms with Gasteiger partial charge in [-0.05, 0) is 5.15 Å². The van der Waals surface area contributed by atoms with Crippen molar-refractivity contribution in [3.63, 3.8) is 0 Å². The van der Waals surface area contributed by atoms with Crippen molar-refractivity contribution in [1.82, 2.24) is 0 Å². The van der Waals surface area contributed by atoms with Gasteiger partial charge in [-0.3, -0.25) is 0 Å². The zero-order valence-corrected chi connectivity index (χ0v) is 8.08. The molecule has 1 saturated heterocycles. The lowest BCUT2D eigenvalue weighted by Gasteiger charge is -2.18. The highest BCUT2D eigenvalue weighted by Crippen LogP contribution is 2.34. The molecule has 1 N–H and O–H groups in total. The Kier molecular flexibility index (Phi) is 3.90. The molecule has 3 nitrogen and oxygen atoms in total. The van der Waals surface area contributed by atoms with E-state index in [9.17, 15) is 5.11 Å². The highest BCUT2D eigenvalue weighted by atomic mass is 32.2. The van der Waals surface area contributed by atoms with Crippen LogP contribution in [0.15, 0.2) is 0 Å². The third-order valence-electron chi connectivity index (χ3n) is 1.97. The Balaban J connectivity index is 2.52. The Labute approximate surface area is 78.2 Å². The predicted octanol–water partition coefficient (Wildman–Crippen LogP) is -0.381. The number of hydrogen-bond acceptors (Lipinski definition) is 4. The normalized spacial score (nSPS) is 41.9. The molecule has 0 aromatic carbocycles. The van der Waals surface area contributed by atoms with Gasteiger partial charge in [0.2, 0.25) is 0 Å². The van der Waals surface area contributed by atoms with E-state index in [0.717, 1.165) is 0 Å². The van der Waals surface area contributed by atoms with Crippen molar-refractivity contribution in [2.24, 2.45) is 0 Å². The van der Waals surface area contributed by atoms with Crippen LogP contribution in [0.1, 0.15) is 0 Å². The lowest BCUT2D eigenvalue weighted by Crippen LogP contribution is -2.36. The largest absolute Gasteiger partial charge is 0.390 e. The van der Waals surface area contributed by atoms with Gasteiger partial charge in [0.1, 0.15) is 0 Å². The molecule has 0 aromatic rings. The number of thioether (sulfide) groups is 1. The number of aliphatic hydroxyl groups excluding tert-OH is 1. The Morgan fingerprint density at radius 1 is 1.50 bits per heavy atom. The summed E-state index contributed by atoms with van der Waals surface area (Å²) in [5.74, 6) is 0. The molecule has 0 amide bonds. The standard InChI is InChI=1S/C7H13BO3S/c1-10-3-4-6(11-2)5(9)7(8)12-4/h4-7,9H,3H2,1-2H3/t4-,5?,6+,7-/m1/s1. The van der Waals surface area contributed by atoms with E-state index in [1.807, 2.05) is 0 Å².